The number of halogens is 1. The number of carbonyl (C=O) groups is 2. The lowest BCUT2D eigenvalue weighted by atomic mass is 9.94. The Morgan fingerprint density at radius 2 is 1.74 bits per heavy atom. The first-order valence-electron chi connectivity index (χ1n) is 10.5. The van der Waals surface area contributed by atoms with Crippen molar-refractivity contribution in [3.8, 4) is 0 Å². The molecule has 2 amide bonds. The minimum atomic E-state index is -0.965. The Labute approximate surface area is 180 Å². The Morgan fingerprint density at radius 3 is 2.39 bits per heavy atom. The number of nitrogens with zero attached hydrogens (tertiary/aromatic N) is 2. The van der Waals surface area contributed by atoms with Crippen LogP contribution < -0.4 is 10.2 Å². The van der Waals surface area contributed by atoms with Gasteiger partial charge in [0.1, 0.15) is 11.9 Å². The maximum absolute atomic E-state index is 13.6. The van der Waals surface area contributed by atoms with Gasteiger partial charge in [0.05, 0.1) is 6.26 Å². The van der Waals surface area contributed by atoms with Crippen LogP contribution in [-0.4, -0.2) is 22.8 Å². The zero-order valence-corrected chi connectivity index (χ0v) is 17.0. The molecule has 2 aromatic heterocycles. The van der Waals surface area contributed by atoms with Gasteiger partial charge in [-0.1, -0.05) is 19.3 Å². The predicted octanol–water partition coefficient (Wildman–Crippen LogP) is 4.65. The fourth-order valence-electron chi connectivity index (χ4n) is 3.99. The first kappa shape index (κ1) is 20.8. The van der Waals surface area contributed by atoms with E-state index in [9.17, 15) is 14.0 Å². The van der Waals surface area contributed by atoms with E-state index in [1.165, 1.54) is 41.8 Å². The Morgan fingerprint density at radius 1 is 1.03 bits per heavy atom. The van der Waals surface area contributed by atoms with Gasteiger partial charge in [-0.05, 0) is 66.9 Å². The molecule has 0 saturated heterocycles. The molecule has 3 aromatic rings. The SMILES string of the molecule is O=C(NC1CCCCC1)[C@@H](c1ccncc1)N(C(=O)c1ccco1)c1ccc(F)cc1. The molecule has 0 aliphatic heterocycles. The number of furan rings is 1. The number of pyridine rings is 1. The highest BCUT2D eigenvalue weighted by Crippen LogP contribution is 2.30. The summed E-state index contributed by atoms with van der Waals surface area (Å²) in [4.78, 5) is 32.4. The average molecular weight is 421 g/mol. The van der Waals surface area contributed by atoms with Crippen molar-refractivity contribution >= 4 is 17.5 Å². The maximum atomic E-state index is 13.6. The largest absolute Gasteiger partial charge is 0.459 e. The predicted molar refractivity (Wildman–Crippen MR) is 114 cm³/mol. The van der Waals surface area contributed by atoms with E-state index < -0.39 is 17.8 Å². The van der Waals surface area contributed by atoms with Crippen LogP contribution in [0.1, 0.15) is 54.3 Å². The number of nitrogens with one attached hydrogen (secondary N) is 1. The van der Waals surface area contributed by atoms with Crippen molar-refractivity contribution in [2.45, 2.75) is 44.2 Å². The number of anilines is 1. The summed E-state index contributed by atoms with van der Waals surface area (Å²) in [6, 6.07) is 11.2. The van der Waals surface area contributed by atoms with Crippen molar-refractivity contribution in [3.05, 3.63) is 84.3 Å². The lowest BCUT2D eigenvalue weighted by Gasteiger charge is -2.33. The molecule has 1 fully saturated rings. The minimum absolute atomic E-state index is 0.0689. The van der Waals surface area contributed by atoms with Crippen LogP contribution in [0.4, 0.5) is 10.1 Å². The average Bonchev–Trinajstić information content (AvgIpc) is 3.34. The van der Waals surface area contributed by atoms with Crippen LogP contribution >= 0.6 is 0 Å². The molecule has 1 aliphatic rings. The quantitative estimate of drug-likeness (QED) is 0.629. The first-order chi connectivity index (χ1) is 15.1. The van der Waals surface area contributed by atoms with Crippen LogP contribution in [-0.2, 0) is 4.79 Å². The maximum Gasteiger partial charge on any atom is 0.294 e. The second kappa shape index (κ2) is 9.55. The topological polar surface area (TPSA) is 75.4 Å². The highest BCUT2D eigenvalue weighted by Gasteiger charge is 2.35. The van der Waals surface area contributed by atoms with Crippen molar-refractivity contribution in [1.29, 1.82) is 0 Å². The number of carbonyl (C=O) groups excluding carboxylic acids is 2. The van der Waals surface area contributed by atoms with Crippen molar-refractivity contribution in [2.75, 3.05) is 4.90 Å². The molecule has 1 N–H and O–H groups in total. The summed E-state index contributed by atoms with van der Waals surface area (Å²) in [7, 11) is 0. The lowest BCUT2D eigenvalue weighted by molar-refractivity contribution is -0.123. The van der Waals surface area contributed by atoms with E-state index in [1.54, 1.807) is 36.7 Å². The van der Waals surface area contributed by atoms with Crippen LogP contribution in [0.2, 0.25) is 0 Å². The van der Waals surface area contributed by atoms with E-state index in [0.29, 0.717) is 11.3 Å². The molecule has 2 heterocycles. The highest BCUT2D eigenvalue weighted by molar-refractivity contribution is 6.08. The normalized spacial score (nSPS) is 15.3. The number of rotatable bonds is 6. The number of amides is 2. The summed E-state index contributed by atoms with van der Waals surface area (Å²) in [5.74, 6) is -1.12. The zero-order valence-electron chi connectivity index (χ0n) is 17.0. The zero-order chi connectivity index (χ0) is 21.6. The standard InChI is InChI=1S/C24H24FN3O3/c25-18-8-10-20(11-9-18)28(24(30)21-7-4-16-31-21)22(17-12-14-26-15-13-17)23(29)27-19-5-2-1-3-6-19/h4,7-16,19,22H,1-3,5-6H2,(H,27,29)/t22-/m1/s1. The van der Waals surface area contributed by atoms with Gasteiger partial charge in [-0.2, -0.15) is 0 Å². The summed E-state index contributed by atoms with van der Waals surface area (Å²) < 4.78 is 18.9. The summed E-state index contributed by atoms with van der Waals surface area (Å²) in [5.41, 5.74) is 0.996. The third-order valence-electron chi connectivity index (χ3n) is 5.54. The van der Waals surface area contributed by atoms with Crippen molar-refractivity contribution in [1.82, 2.24) is 10.3 Å². The summed E-state index contributed by atoms with van der Waals surface area (Å²) in [5, 5.41) is 3.12. The van der Waals surface area contributed by atoms with Crippen LogP contribution in [0.3, 0.4) is 0 Å². The third-order valence-corrected chi connectivity index (χ3v) is 5.54. The molecule has 1 atom stereocenters. The van der Waals surface area contributed by atoms with Gasteiger partial charge in [0.2, 0.25) is 5.91 Å². The summed E-state index contributed by atoms with van der Waals surface area (Å²) >= 11 is 0. The van der Waals surface area contributed by atoms with E-state index >= 15 is 0 Å². The second-order valence-electron chi connectivity index (χ2n) is 7.66. The van der Waals surface area contributed by atoms with E-state index in [1.807, 2.05) is 0 Å². The van der Waals surface area contributed by atoms with Gasteiger partial charge in [-0.3, -0.25) is 19.5 Å². The lowest BCUT2D eigenvalue weighted by Crippen LogP contribution is -2.47. The number of hydrogen-bond acceptors (Lipinski definition) is 4. The second-order valence-corrected chi connectivity index (χ2v) is 7.66. The van der Waals surface area contributed by atoms with Gasteiger partial charge >= 0.3 is 0 Å². The Balaban J connectivity index is 1.76. The molecule has 7 heteroatoms. The van der Waals surface area contributed by atoms with Crippen molar-refractivity contribution < 1.29 is 18.4 Å². The first-order valence-corrected chi connectivity index (χ1v) is 10.5. The smallest absolute Gasteiger partial charge is 0.294 e. The van der Waals surface area contributed by atoms with E-state index in [-0.39, 0.29) is 17.7 Å². The van der Waals surface area contributed by atoms with E-state index in [0.717, 1.165) is 25.7 Å². The van der Waals surface area contributed by atoms with Gasteiger partial charge in [0.15, 0.2) is 5.76 Å². The molecular weight excluding hydrogens is 397 g/mol. The Bertz CT molecular complexity index is 1000. The van der Waals surface area contributed by atoms with Gasteiger partial charge in [0, 0.05) is 24.1 Å². The Kier molecular flexibility index (Phi) is 6.40. The van der Waals surface area contributed by atoms with Gasteiger partial charge in [0.25, 0.3) is 5.91 Å². The van der Waals surface area contributed by atoms with Crippen molar-refractivity contribution in [2.24, 2.45) is 0 Å². The van der Waals surface area contributed by atoms with Crippen LogP contribution in [0.15, 0.2) is 71.6 Å². The third kappa shape index (κ3) is 4.82. The highest BCUT2D eigenvalue weighted by atomic mass is 19.1. The molecule has 4 rings (SSSR count). The van der Waals surface area contributed by atoms with E-state index in [2.05, 4.69) is 10.3 Å². The van der Waals surface area contributed by atoms with Gasteiger partial charge < -0.3 is 9.73 Å². The number of benzene rings is 1. The molecule has 0 radical (unpaired) electrons. The molecule has 0 bridgehead atoms. The molecule has 160 valence electrons. The number of hydrogen-bond donors (Lipinski definition) is 1. The monoisotopic (exact) mass is 421 g/mol. The summed E-state index contributed by atoms with van der Waals surface area (Å²) in [6.07, 6.45) is 9.69. The van der Waals surface area contributed by atoms with Crippen LogP contribution in [0, 0.1) is 5.82 Å². The molecular formula is C24H24FN3O3. The van der Waals surface area contributed by atoms with Crippen LogP contribution in [0.5, 0.6) is 0 Å². The molecule has 1 aromatic carbocycles. The molecule has 31 heavy (non-hydrogen) atoms. The van der Waals surface area contributed by atoms with E-state index in [4.69, 9.17) is 4.42 Å². The van der Waals surface area contributed by atoms with Gasteiger partial charge in [-0.25, -0.2) is 4.39 Å². The van der Waals surface area contributed by atoms with Gasteiger partial charge in [-0.15, -0.1) is 0 Å². The van der Waals surface area contributed by atoms with Crippen LogP contribution in [0.25, 0.3) is 0 Å². The molecule has 6 nitrogen and oxygen atoms in total. The fraction of sp³-hybridized carbons (Fsp3) is 0.292. The minimum Gasteiger partial charge on any atom is -0.459 e. The Hall–Kier alpha value is -3.48. The molecule has 0 unspecified atom stereocenters. The van der Waals surface area contributed by atoms with Crippen molar-refractivity contribution in [3.63, 3.8) is 0 Å². The molecule has 1 saturated carbocycles. The number of aromatic nitrogens is 1. The molecule has 0 spiro atoms. The molecule has 1 aliphatic carbocycles. The summed E-state index contributed by atoms with van der Waals surface area (Å²) in [6.45, 7) is 0. The fourth-order valence-corrected chi connectivity index (χ4v) is 3.99.